The summed E-state index contributed by atoms with van der Waals surface area (Å²) in [6, 6.07) is 12.6. The van der Waals surface area contributed by atoms with Gasteiger partial charge in [-0.05, 0) is 44.4 Å². The van der Waals surface area contributed by atoms with E-state index < -0.39 is 11.6 Å². The Bertz CT molecular complexity index is 1130. The zero-order valence-electron chi connectivity index (χ0n) is 19.3. The number of fused-ring (bicyclic) bond motifs is 1. The van der Waals surface area contributed by atoms with Crippen molar-refractivity contribution in [1.82, 2.24) is 15.1 Å². The van der Waals surface area contributed by atoms with E-state index in [-0.39, 0.29) is 31.2 Å². The van der Waals surface area contributed by atoms with Gasteiger partial charge in [-0.3, -0.25) is 14.5 Å². The first kappa shape index (κ1) is 22.2. The molecule has 2 N–H and O–H groups in total. The average molecular weight is 465 g/mol. The Labute approximate surface area is 198 Å². The predicted octanol–water partition coefficient (Wildman–Crippen LogP) is 2.80. The van der Waals surface area contributed by atoms with Crippen LogP contribution in [0.15, 0.2) is 42.5 Å². The summed E-state index contributed by atoms with van der Waals surface area (Å²) in [5.74, 6) is 0.858. The lowest BCUT2D eigenvalue weighted by atomic mass is 9.91. The smallest absolute Gasteiger partial charge is 0.326 e. The van der Waals surface area contributed by atoms with Crippen molar-refractivity contribution in [3.05, 3.63) is 53.6 Å². The number of likely N-dealkylation sites (tertiary alicyclic amines) is 1. The maximum absolute atomic E-state index is 13.2. The van der Waals surface area contributed by atoms with Gasteiger partial charge < -0.3 is 20.1 Å². The van der Waals surface area contributed by atoms with Crippen LogP contribution in [0, 0.1) is 12.8 Å². The van der Waals surface area contributed by atoms with Crippen molar-refractivity contribution < 1.29 is 23.9 Å². The van der Waals surface area contributed by atoms with Crippen LogP contribution in [0.4, 0.5) is 10.5 Å². The van der Waals surface area contributed by atoms with E-state index in [9.17, 15) is 14.4 Å². The van der Waals surface area contributed by atoms with Crippen molar-refractivity contribution >= 4 is 23.5 Å². The highest BCUT2D eigenvalue weighted by molar-refractivity contribution is 6.07. The van der Waals surface area contributed by atoms with Crippen molar-refractivity contribution in [2.45, 2.75) is 32.2 Å². The molecule has 2 saturated heterocycles. The van der Waals surface area contributed by atoms with E-state index >= 15 is 0 Å². The van der Waals surface area contributed by atoms with Crippen LogP contribution in [0.5, 0.6) is 11.5 Å². The molecule has 9 heteroatoms. The zero-order valence-corrected chi connectivity index (χ0v) is 19.3. The number of benzene rings is 2. The monoisotopic (exact) mass is 464 g/mol. The summed E-state index contributed by atoms with van der Waals surface area (Å²) in [7, 11) is 0. The van der Waals surface area contributed by atoms with Gasteiger partial charge in [0.15, 0.2) is 11.5 Å². The Kier molecular flexibility index (Phi) is 5.65. The van der Waals surface area contributed by atoms with Crippen molar-refractivity contribution in [2.24, 2.45) is 5.92 Å². The third-order valence-corrected chi connectivity index (χ3v) is 6.84. The first-order valence-electron chi connectivity index (χ1n) is 11.5. The molecule has 0 aliphatic carbocycles. The lowest BCUT2D eigenvalue weighted by molar-refractivity contribution is -0.133. The summed E-state index contributed by atoms with van der Waals surface area (Å²) >= 11 is 0. The topological polar surface area (TPSA) is 100 Å². The van der Waals surface area contributed by atoms with E-state index in [2.05, 4.69) is 10.6 Å². The third kappa shape index (κ3) is 4.07. The molecule has 4 amide bonds. The summed E-state index contributed by atoms with van der Waals surface area (Å²) in [4.78, 5) is 41.9. The normalized spacial score (nSPS) is 22.7. The van der Waals surface area contributed by atoms with Gasteiger partial charge >= 0.3 is 6.03 Å². The molecule has 0 unspecified atom stereocenters. The number of anilines is 1. The number of imide groups is 1. The van der Waals surface area contributed by atoms with E-state index in [1.807, 2.05) is 36.1 Å². The fourth-order valence-electron chi connectivity index (χ4n) is 4.66. The van der Waals surface area contributed by atoms with Gasteiger partial charge in [0.05, 0.1) is 6.67 Å². The van der Waals surface area contributed by atoms with Gasteiger partial charge in [0.25, 0.3) is 5.91 Å². The Morgan fingerprint density at radius 1 is 1.09 bits per heavy atom. The number of hydrogen-bond acceptors (Lipinski definition) is 6. The second kappa shape index (κ2) is 8.64. The maximum atomic E-state index is 13.2. The van der Waals surface area contributed by atoms with Crippen LogP contribution in [0.3, 0.4) is 0 Å². The minimum absolute atomic E-state index is 0.0412. The fraction of sp³-hybridized carbons (Fsp3) is 0.400. The lowest BCUT2D eigenvalue weighted by Crippen LogP contribution is -2.47. The molecule has 3 heterocycles. The molecule has 5 rings (SSSR count). The van der Waals surface area contributed by atoms with Crippen LogP contribution in [0.2, 0.25) is 0 Å². The Hall–Kier alpha value is -3.59. The number of aryl methyl sites for hydroxylation is 1. The van der Waals surface area contributed by atoms with Crippen LogP contribution in [-0.4, -0.2) is 54.2 Å². The second-order valence-corrected chi connectivity index (χ2v) is 9.25. The number of amides is 4. The minimum Gasteiger partial charge on any atom is -0.454 e. The second-order valence-electron chi connectivity index (χ2n) is 9.25. The number of carbonyl (C=O) groups excluding carboxylic acids is 3. The molecule has 3 aliphatic heterocycles. The molecule has 2 aromatic carbocycles. The summed E-state index contributed by atoms with van der Waals surface area (Å²) in [6.45, 7) is 5.36. The van der Waals surface area contributed by atoms with E-state index in [1.54, 1.807) is 25.1 Å². The van der Waals surface area contributed by atoms with Crippen LogP contribution < -0.4 is 20.1 Å². The van der Waals surface area contributed by atoms with E-state index in [0.717, 1.165) is 11.1 Å². The van der Waals surface area contributed by atoms with Gasteiger partial charge in [-0.15, -0.1) is 0 Å². The van der Waals surface area contributed by atoms with E-state index in [0.29, 0.717) is 43.1 Å². The number of nitrogens with zero attached hydrogens (tertiary/aromatic N) is 2. The van der Waals surface area contributed by atoms with Crippen LogP contribution in [-0.2, 0) is 15.1 Å². The molecule has 1 atom stereocenters. The number of ether oxygens (including phenoxy) is 2. The van der Waals surface area contributed by atoms with Gasteiger partial charge in [-0.25, -0.2) is 9.69 Å². The zero-order chi connectivity index (χ0) is 23.9. The number of hydrogen-bond donors (Lipinski definition) is 2. The number of urea groups is 1. The molecule has 0 spiro atoms. The van der Waals surface area contributed by atoms with Gasteiger partial charge in [0.2, 0.25) is 12.7 Å². The molecule has 178 valence electrons. The molecule has 0 aromatic heterocycles. The van der Waals surface area contributed by atoms with Crippen LogP contribution in [0.1, 0.15) is 30.9 Å². The third-order valence-electron chi connectivity index (χ3n) is 6.84. The fourth-order valence-corrected chi connectivity index (χ4v) is 4.66. The quantitative estimate of drug-likeness (QED) is 0.660. The molecular weight excluding hydrogens is 436 g/mol. The van der Waals surface area contributed by atoms with Gasteiger partial charge in [0.1, 0.15) is 5.54 Å². The predicted molar refractivity (Wildman–Crippen MR) is 124 cm³/mol. The Balaban J connectivity index is 1.16. The molecule has 34 heavy (non-hydrogen) atoms. The van der Waals surface area contributed by atoms with Crippen molar-refractivity contribution in [2.75, 3.05) is 31.9 Å². The van der Waals surface area contributed by atoms with Crippen LogP contribution >= 0.6 is 0 Å². The van der Waals surface area contributed by atoms with Crippen LogP contribution in [0.25, 0.3) is 0 Å². The molecule has 9 nitrogen and oxygen atoms in total. The van der Waals surface area contributed by atoms with Crippen molar-refractivity contribution in [3.63, 3.8) is 0 Å². The molecule has 2 aromatic rings. The molecule has 0 saturated carbocycles. The van der Waals surface area contributed by atoms with Gasteiger partial charge in [-0.2, -0.15) is 0 Å². The number of rotatable bonds is 5. The first-order valence-corrected chi connectivity index (χ1v) is 11.5. The van der Waals surface area contributed by atoms with Crippen molar-refractivity contribution in [1.29, 1.82) is 0 Å². The molecule has 0 radical (unpaired) electrons. The summed E-state index contributed by atoms with van der Waals surface area (Å²) in [5, 5.41) is 5.81. The molecule has 0 bridgehead atoms. The molecular formula is C25H28N4O5. The Morgan fingerprint density at radius 2 is 1.79 bits per heavy atom. The van der Waals surface area contributed by atoms with Crippen molar-refractivity contribution in [3.8, 4) is 11.5 Å². The summed E-state index contributed by atoms with van der Waals surface area (Å²) in [5.41, 5.74) is 1.45. The standard InChI is InChI=1S/C25H28N4O5/c1-16-3-5-18(6-4-16)25(2)23(31)29(24(32)27-25)14-28-11-9-17(10-12-28)22(30)26-19-7-8-20-21(13-19)34-15-33-20/h3-8,13,17H,9-12,14-15H2,1-2H3,(H,26,30)(H,27,32)/t25-/m1/s1. The number of carbonyl (C=O) groups is 3. The minimum atomic E-state index is -1.08. The van der Waals surface area contributed by atoms with Gasteiger partial charge in [0, 0.05) is 30.8 Å². The highest BCUT2D eigenvalue weighted by Gasteiger charge is 2.49. The largest absolute Gasteiger partial charge is 0.454 e. The average Bonchev–Trinajstić information content (AvgIpc) is 3.38. The Morgan fingerprint density at radius 3 is 2.53 bits per heavy atom. The summed E-state index contributed by atoms with van der Waals surface area (Å²) < 4.78 is 10.7. The lowest BCUT2D eigenvalue weighted by Gasteiger charge is -2.33. The highest BCUT2D eigenvalue weighted by atomic mass is 16.7. The number of nitrogens with one attached hydrogen (secondary N) is 2. The van der Waals surface area contributed by atoms with E-state index in [4.69, 9.17) is 9.47 Å². The highest BCUT2D eigenvalue weighted by Crippen LogP contribution is 2.35. The molecule has 2 fully saturated rings. The SMILES string of the molecule is Cc1ccc([C@@]2(C)NC(=O)N(CN3CCC(C(=O)Nc4ccc5c(c4)OCO5)CC3)C2=O)cc1. The number of piperidine rings is 1. The summed E-state index contributed by atoms with van der Waals surface area (Å²) in [6.07, 6.45) is 1.30. The maximum Gasteiger partial charge on any atom is 0.326 e. The van der Waals surface area contributed by atoms with E-state index in [1.165, 1.54) is 4.90 Å². The molecule has 3 aliphatic rings. The van der Waals surface area contributed by atoms with Gasteiger partial charge in [-0.1, -0.05) is 29.8 Å². The first-order chi connectivity index (χ1) is 16.3.